The van der Waals surface area contributed by atoms with Crippen molar-refractivity contribution >= 4 is 0 Å². The van der Waals surface area contributed by atoms with Gasteiger partial charge in [0, 0.05) is 12.1 Å². The van der Waals surface area contributed by atoms with Gasteiger partial charge >= 0.3 is 6.18 Å². The molecule has 0 bridgehead atoms. The van der Waals surface area contributed by atoms with Crippen molar-refractivity contribution in [2.45, 2.75) is 62.7 Å². The van der Waals surface area contributed by atoms with Crippen LogP contribution < -0.4 is 10.5 Å². The van der Waals surface area contributed by atoms with Crippen LogP contribution in [0.4, 0.5) is 13.2 Å². The van der Waals surface area contributed by atoms with Gasteiger partial charge in [-0.15, -0.1) is 0 Å². The van der Waals surface area contributed by atoms with Crippen LogP contribution in [-0.2, 0) is 0 Å². The number of piperidine rings is 1. The van der Waals surface area contributed by atoms with Crippen LogP contribution in [0.5, 0.6) is 5.75 Å². The van der Waals surface area contributed by atoms with Crippen LogP contribution in [0.2, 0.25) is 0 Å². The second-order valence-corrected chi connectivity index (χ2v) is 7.32. The maximum atomic E-state index is 12.5. The van der Waals surface area contributed by atoms with E-state index in [4.69, 9.17) is 10.5 Å². The summed E-state index contributed by atoms with van der Waals surface area (Å²) in [6.07, 6.45) is 2.15. The number of hydrogen-bond donors (Lipinski definition) is 1. The van der Waals surface area contributed by atoms with E-state index in [-0.39, 0.29) is 5.92 Å². The maximum Gasteiger partial charge on any atom is 0.422 e. The van der Waals surface area contributed by atoms with Crippen LogP contribution >= 0.6 is 0 Å². The minimum absolute atomic E-state index is 0.270. The molecule has 3 nitrogen and oxygen atoms in total. The lowest BCUT2D eigenvalue weighted by molar-refractivity contribution is -0.153. The Hall–Kier alpha value is -1.27. The van der Waals surface area contributed by atoms with E-state index in [0.29, 0.717) is 17.8 Å². The predicted octanol–water partition coefficient (Wildman–Crippen LogP) is 4.08. The van der Waals surface area contributed by atoms with Crippen molar-refractivity contribution in [2.24, 2.45) is 5.73 Å². The average molecular weight is 356 g/mol. The van der Waals surface area contributed by atoms with E-state index < -0.39 is 12.8 Å². The number of ether oxygens (including phenoxy) is 1. The zero-order valence-corrected chi connectivity index (χ0v) is 14.5. The second-order valence-electron chi connectivity index (χ2n) is 7.32. The predicted molar refractivity (Wildman–Crippen MR) is 91.8 cm³/mol. The van der Waals surface area contributed by atoms with Crippen LogP contribution in [0.1, 0.15) is 50.0 Å². The van der Waals surface area contributed by atoms with Crippen molar-refractivity contribution in [1.29, 1.82) is 0 Å². The lowest BCUT2D eigenvalue weighted by Gasteiger charge is -2.40. The molecular weight excluding hydrogens is 329 g/mol. The molecule has 1 saturated carbocycles. The second kappa shape index (κ2) is 7.96. The Balaban J connectivity index is 1.57. The van der Waals surface area contributed by atoms with E-state index in [2.05, 4.69) is 4.90 Å². The normalized spacial score (nSPS) is 26.6. The maximum absolute atomic E-state index is 12.5. The summed E-state index contributed by atoms with van der Waals surface area (Å²) in [4.78, 5) is 2.54. The number of nitrogens with two attached hydrogens (primary N) is 1. The Morgan fingerprint density at radius 3 is 2.28 bits per heavy atom. The largest absolute Gasteiger partial charge is 0.484 e. The third-order valence-corrected chi connectivity index (χ3v) is 5.54. The minimum Gasteiger partial charge on any atom is -0.484 e. The van der Waals surface area contributed by atoms with Crippen molar-refractivity contribution in [2.75, 3.05) is 19.7 Å². The molecule has 1 aliphatic heterocycles. The summed E-state index contributed by atoms with van der Waals surface area (Å²) in [5.41, 5.74) is 6.90. The van der Waals surface area contributed by atoms with Crippen LogP contribution in [0.3, 0.4) is 0 Å². The molecule has 25 heavy (non-hydrogen) atoms. The molecule has 1 aromatic rings. The highest BCUT2D eigenvalue weighted by Gasteiger charge is 2.31. The fourth-order valence-corrected chi connectivity index (χ4v) is 4.15. The van der Waals surface area contributed by atoms with Gasteiger partial charge in [-0.05, 0) is 69.2 Å². The van der Waals surface area contributed by atoms with Crippen LogP contribution in [-0.4, -0.2) is 42.9 Å². The molecule has 0 aromatic heterocycles. The molecule has 1 heterocycles. The fourth-order valence-electron chi connectivity index (χ4n) is 4.15. The molecule has 0 amide bonds. The Bertz CT molecular complexity index is 548. The van der Waals surface area contributed by atoms with E-state index in [1.807, 2.05) is 12.1 Å². The highest BCUT2D eigenvalue weighted by atomic mass is 19.4. The Morgan fingerprint density at radius 2 is 1.64 bits per heavy atom. The zero-order chi connectivity index (χ0) is 17.9. The zero-order valence-electron chi connectivity index (χ0n) is 14.5. The molecule has 2 N–H and O–H groups in total. The first-order valence-electron chi connectivity index (χ1n) is 9.20. The van der Waals surface area contributed by atoms with Gasteiger partial charge in [0.1, 0.15) is 5.75 Å². The number of nitrogens with zero attached hydrogens (tertiary/aromatic N) is 1. The van der Waals surface area contributed by atoms with Crippen LogP contribution in [0.15, 0.2) is 24.3 Å². The van der Waals surface area contributed by atoms with E-state index in [0.717, 1.165) is 57.2 Å². The SMILES string of the molecule is NC1CCC(N2CCC(c3ccccc3OCC(F)(F)F)CC2)CC1. The highest BCUT2D eigenvalue weighted by molar-refractivity contribution is 5.36. The third-order valence-electron chi connectivity index (χ3n) is 5.54. The molecule has 1 aliphatic carbocycles. The van der Waals surface area contributed by atoms with Crippen molar-refractivity contribution in [1.82, 2.24) is 4.90 Å². The number of rotatable bonds is 4. The van der Waals surface area contributed by atoms with E-state index in [9.17, 15) is 13.2 Å². The van der Waals surface area contributed by atoms with Gasteiger partial charge in [0.25, 0.3) is 0 Å². The molecule has 0 unspecified atom stereocenters. The number of likely N-dealkylation sites (tertiary alicyclic amines) is 1. The molecule has 0 spiro atoms. The van der Waals surface area contributed by atoms with Crippen molar-refractivity contribution in [3.63, 3.8) is 0 Å². The summed E-state index contributed by atoms with van der Waals surface area (Å²) in [7, 11) is 0. The van der Waals surface area contributed by atoms with Gasteiger partial charge in [-0.2, -0.15) is 13.2 Å². The van der Waals surface area contributed by atoms with E-state index in [1.54, 1.807) is 12.1 Å². The van der Waals surface area contributed by atoms with Gasteiger partial charge in [0.05, 0.1) is 0 Å². The first kappa shape index (κ1) is 18.5. The number of alkyl halides is 3. The molecule has 3 rings (SSSR count). The van der Waals surface area contributed by atoms with Gasteiger partial charge in [-0.3, -0.25) is 0 Å². The summed E-state index contributed by atoms with van der Waals surface area (Å²) < 4.78 is 42.4. The molecule has 140 valence electrons. The van der Waals surface area contributed by atoms with Gasteiger partial charge in [-0.25, -0.2) is 0 Å². The number of hydrogen-bond acceptors (Lipinski definition) is 3. The highest BCUT2D eigenvalue weighted by Crippen LogP contribution is 2.36. The summed E-state index contributed by atoms with van der Waals surface area (Å²) >= 11 is 0. The number of para-hydroxylation sites is 1. The fraction of sp³-hybridized carbons (Fsp3) is 0.684. The van der Waals surface area contributed by atoms with Crippen LogP contribution in [0.25, 0.3) is 0 Å². The van der Waals surface area contributed by atoms with Gasteiger partial charge in [0.15, 0.2) is 6.61 Å². The van der Waals surface area contributed by atoms with Gasteiger partial charge < -0.3 is 15.4 Å². The Morgan fingerprint density at radius 1 is 1.00 bits per heavy atom. The minimum atomic E-state index is -4.31. The average Bonchev–Trinajstić information content (AvgIpc) is 2.60. The molecule has 2 aliphatic rings. The molecule has 2 fully saturated rings. The molecule has 1 aromatic carbocycles. The quantitative estimate of drug-likeness (QED) is 0.884. The standard InChI is InChI=1S/C19H27F3N2O/c20-19(21,22)13-25-18-4-2-1-3-17(18)14-9-11-24(12-10-14)16-7-5-15(23)6-8-16/h1-4,14-16H,5-13,23H2. The van der Waals surface area contributed by atoms with E-state index in [1.165, 1.54) is 0 Å². The first-order chi connectivity index (χ1) is 11.9. The number of halogens is 3. The first-order valence-corrected chi connectivity index (χ1v) is 9.20. The summed E-state index contributed by atoms with van der Waals surface area (Å²) in [6, 6.07) is 8.14. The van der Waals surface area contributed by atoms with Crippen LogP contribution in [0, 0.1) is 0 Å². The molecule has 0 atom stereocenters. The lowest BCUT2D eigenvalue weighted by Crippen LogP contribution is -2.44. The monoisotopic (exact) mass is 356 g/mol. The summed E-state index contributed by atoms with van der Waals surface area (Å²) in [5, 5.41) is 0. The van der Waals surface area contributed by atoms with Crippen molar-refractivity contribution < 1.29 is 17.9 Å². The Kier molecular flexibility index (Phi) is 5.89. The van der Waals surface area contributed by atoms with Gasteiger partial charge in [0.2, 0.25) is 0 Å². The van der Waals surface area contributed by atoms with Crippen molar-refractivity contribution in [3.05, 3.63) is 29.8 Å². The third kappa shape index (κ3) is 5.11. The molecule has 6 heteroatoms. The Labute approximate surface area is 147 Å². The molecular formula is C19H27F3N2O. The molecule has 0 radical (unpaired) electrons. The summed E-state index contributed by atoms with van der Waals surface area (Å²) in [5.74, 6) is 0.647. The summed E-state index contributed by atoms with van der Waals surface area (Å²) in [6.45, 7) is 0.765. The topological polar surface area (TPSA) is 38.5 Å². The smallest absolute Gasteiger partial charge is 0.422 e. The van der Waals surface area contributed by atoms with Gasteiger partial charge in [-0.1, -0.05) is 18.2 Å². The molecule has 1 saturated heterocycles. The van der Waals surface area contributed by atoms with Crippen molar-refractivity contribution in [3.8, 4) is 5.75 Å². The van der Waals surface area contributed by atoms with E-state index >= 15 is 0 Å². The number of benzene rings is 1. The lowest BCUT2D eigenvalue weighted by atomic mass is 9.85.